The average Bonchev–Trinajstić information content (AvgIpc) is 2.56. The summed E-state index contributed by atoms with van der Waals surface area (Å²) in [5, 5.41) is 16.0. The summed E-state index contributed by atoms with van der Waals surface area (Å²) in [5.41, 5.74) is 6.03. The number of hydrogen-bond donors (Lipinski definition) is 3. The first kappa shape index (κ1) is 22.6. The molecule has 1 aromatic rings. The van der Waals surface area contributed by atoms with E-state index >= 15 is 0 Å². The Labute approximate surface area is 151 Å². The van der Waals surface area contributed by atoms with E-state index in [0.29, 0.717) is 5.56 Å². The first-order valence-corrected chi connectivity index (χ1v) is 7.37. The highest BCUT2D eigenvalue weighted by atomic mass is 35.5. The van der Waals surface area contributed by atoms with Crippen molar-refractivity contribution in [2.75, 3.05) is 13.7 Å². The number of nitro benzene ring substituents is 1. The normalized spacial score (nSPS) is 11.2. The minimum atomic E-state index is -0.679. The van der Waals surface area contributed by atoms with Gasteiger partial charge in [0.25, 0.3) is 0 Å². The summed E-state index contributed by atoms with van der Waals surface area (Å²) in [6.07, 6.45) is 0. The van der Waals surface area contributed by atoms with Crippen LogP contribution in [0.3, 0.4) is 0 Å². The smallest absolute Gasteiger partial charge is 0.311 e. The summed E-state index contributed by atoms with van der Waals surface area (Å²) in [7, 11) is 1.34. The van der Waals surface area contributed by atoms with Gasteiger partial charge in [0, 0.05) is 12.6 Å². The molecule has 0 bridgehead atoms. The number of carbonyl (C=O) groups excluding carboxylic acids is 2. The molecule has 0 aliphatic rings. The van der Waals surface area contributed by atoms with Gasteiger partial charge in [-0.15, -0.1) is 12.4 Å². The van der Waals surface area contributed by atoms with Gasteiger partial charge in [-0.3, -0.25) is 19.7 Å². The number of nitro groups is 1. The Hall–Kier alpha value is -2.39. The zero-order valence-corrected chi connectivity index (χ0v) is 15.1. The molecule has 0 saturated heterocycles. The lowest BCUT2D eigenvalue weighted by Crippen LogP contribution is -2.47. The topological polar surface area (TPSA) is 137 Å². The van der Waals surface area contributed by atoms with E-state index in [1.54, 1.807) is 19.9 Å². The summed E-state index contributed by atoms with van der Waals surface area (Å²) in [5.74, 6) is -0.712. The molecule has 1 rings (SSSR count). The third-order valence-electron chi connectivity index (χ3n) is 3.37. The number of carbonyl (C=O) groups is 2. The second-order valence-corrected chi connectivity index (χ2v) is 5.53. The fourth-order valence-corrected chi connectivity index (χ4v) is 1.84. The Morgan fingerprint density at radius 2 is 1.96 bits per heavy atom. The number of nitrogens with two attached hydrogens (primary N) is 1. The highest BCUT2D eigenvalue weighted by molar-refractivity contribution is 5.87. The van der Waals surface area contributed by atoms with E-state index in [-0.39, 0.29) is 42.9 Å². The molecule has 0 radical (unpaired) electrons. The fourth-order valence-electron chi connectivity index (χ4n) is 1.84. The van der Waals surface area contributed by atoms with Crippen molar-refractivity contribution in [1.82, 2.24) is 10.6 Å². The maximum absolute atomic E-state index is 11.7. The Bertz CT molecular complexity index is 624. The summed E-state index contributed by atoms with van der Waals surface area (Å²) < 4.78 is 4.91. The molecule has 0 spiro atoms. The maximum atomic E-state index is 11.7. The summed E-state index contributed by atoms with van der Waals surface area (Å²) in [6, 6.07) is 3.72. The highest BCUT2D eigenvalue weighted by Crippen LogP contribution is 2.27. The molecule has 140 valence electrons. The number of halogens is 1. The summed E-state index contributed by atoms with van der Waals surface area (Å²) >= 11 is 0. The van der Waals surface area contributed by atoms with Gasteiger partial charge in [0.2, 0.25) is 11.8 Å². The second-order valence-electron chi connectivity index (χ2n) is 5.53. The van der Waals surface area contributed by atoms with E-state index in [1.807, 2.05) is 0 Å². The molecule has 9 nitrogen and oxygen atoms in total. The fraction of sp³-hybridized carbons (Fsp3) is 0.467. The van der Waals surface area contributed by atoms with E-state index in [9.17, 15) is 19.7 Å². The Morgan fingerprint density at radius 1 is 1.32 bits per heavy atom. The van der Waals surface area contributed by atoms with Crippen LogP contribution >= 0.6 is 12.4 Å². The van der Waals surface area contributed by atoms with Crippen LogP contribution in [-0.4, -0.2) is 36.4 Å². The molecule has 4 N–H and O–H groups in total. The molecule has 0 heterocycles. The van der Waals surface area contributed by atoms with Gasteiger partial charge in [0.15, 0.2) is 5.75 Å². The van der Waals surface area contributed by atoms with E-state index in [0.717, 1.165) is 0 Å². The predicted octanol–water partition coefficient (Wildman–Crippen LogP) is 0.741. The van der Waals surface area contributed by atoms with Crippen LogP contribution < -0.4 is 21.1 Å². The molecule has 1 aromatic carbocycles. The van der Waals surface area contributed by atoms with Crippen LogP contribution in [0.1, 0.15) is 19.4 Å². The van der Waals surface area contributed by atoms with Crippen molar-refractivity contribution in [3.63, 3.8) is 0 Å². The van der Waals surface area contributed by atoms with E-state index in [1.165, 1.54) is 19.2 Å². The Balaban J connectivity index is 0.00000576. The van der Waals surface area contributed by atoms with Gasteiger partial charge in [-0.1, -0.05) is 19.9 Å². The highest BCUT2D eigenvalue weighted by Gasteiger charge is 2.18. The molecule has 1 atom stereocenters. The van der Waals surface area contributed by atoms with Gasteiger partial charge in [-0.05, 0) is 17.5 Å². The lowest BCUT2D eigenvalue weighted by atomic mass is 10.1. The Morgan fingerprint density at radius 3 is 2.48 bits per heavy atom. The molecule has 0 aromatic heterocycles. The number of nitrogens with zero attached hydrogens (tertiary/aromatic N) is 1. The van der Waals surface area contributed by atoms with Crippen LogP contribution in [0.2, 0.25) is 0 Å². The lowest BCUT2D eigenvalue weighted by Gasteiger charge is -2.15. The molecule has 0 fully saturated rings. The zero-order valence-electron chi connectivity index (χ0n) is 14.3. The Kier molecular flexibility index (Phi) is 9.47. The van der Waals surface area contributed by atoms with Crippen molar-refractivity contribution in [2.24, 2.45) is 11.7 Å². The van der Waals surface area contributed by atoms with Gasteiger partial charge >= 0.3 is 5.69 Å². The minimum Gasteiger partial charge on any atom is -0.490 e. The number of nitrogens with one attached hydrogen (secondary N) is 2. The number of amides is 2. The average molecular weight is 375 g/mol. The first-order valence-electron chi connectivity index (χ1n) is 7.37. The van der Waals surface area contributed by atoms with Crippen molar-refractivity contribution in [2.45, 2.75) is 26.4 Å². The number of rotatable bonds is 8. The van der Waals surface area contributed by atoms with Crippen LogP contribution in [-0.2, 0) is 16.1 Å². The van der Waals surface area contributed by atoms with E-state index in [2.05, 4.69) is 10.6 Å². The predicted molar refractivity (Wildman–Crippen MR) is 94.6 cm³/mol. The van der Waals surface area contributed by atoms with Gasteiger partial charge in [0.05, 0.1) is 24.6 Å². The van der Waals surface area contributed by atoms with Crippen molar-refractivity contribution in [3.05, 3.63) is 33.9 Å². The molecule has 10 heteroatoms. The van der Waals surface area contributed by atoms with Crippen LogP contribution in [0.15, 0.2) is 18.2 Å². The van der Waals surface area contributed by atoms with Gasteiger partial charge in [-0.25, -0.2) is 0 Å². The third kappa shape index (κ3) is 6.94. The van der Waals surface area contributed by atoms with Crippen molar-refractivity contribution < 1.29 is 19.2 Å². The van der Waals surface area contributed by atoms with Gasteiger partial charge < -0.3 is 21.1 Å². The largest absolute Gasteiger partial charge is 0.490 e. The quantitative estimate of drug-likeness (QED) is 0.453. The molecule has 0 saturated carbocycles. The van der Waals surface area contributed by atoms with Crippen molar-refractivity contribution in [1.29, 1.82) is 0 Å². The van der Waals surface area contributed by atoms with E-state index < -0.39 is 22.8 Å². The molecule has 0 aliphatic carbocycles. The molecule has 0 aliphatic heterocycles. The zero-order chi connectivity index (χ0) is 18.3. The van der Waals surface area contributed by atoms with Crippen molar-refractivity contribution in [3.8, 4) is 5.75 Å². The number of ether oxygens (including phenoxy) is 1. The molecular formula is C15H23ClN4O5. The monoisotopic (exact) mass is 374 g/mol. The van der Waals surface area contributed by atoms with Crippen LogP contribution in [0.25, 0.3) is 0 Å². The lowest BCUT2D eigenvalue weighted by molar-refractivity contribution is -0.385. The second kappa shape index (κ2) is 10.5. The number of hydrogen-bond acceptors (Lipinski definition) is 6. The summed E-state index contributed by atoms with van der Waals surface area (Å²) in [6.45, 7) is 3.50. The first-order chi connectivity index (χ1) is 11.3. The summed E-state index contributed by atoms with van der Waals surface area (Å²) in [4.78, 5) is 33.8. The minimum absolute atomic E-state index is 0. The van der Waals surface area contributed by atoms with Gasteiger partial charge in [0.1, 0.15) is 0 Å². The van der Waals surface area contributed by atoms with Crippen molar-refractivity contribution >= 4 is 29.9 Å². The number of methoxy groups -OCH3 is 1. The SMILES string of the molecule is COc1ccc(CNC(=O)CNC(=O)[C@@H](N)C(C)C)cc1[N+](=O)[O-].Cl. The van der Waals surface area contributed by atoms with Crippen LogP contribution in [0.4, 0.5) is 5.69 Å². The molecule has 0 unspecified atom stereocenters. The standard InChI is InChI=1S/C15H22N4O5.ClH/c1-9(2)14(16)15(21)18-8-13(20)17-7-10-4-5-12(24-3)11(6-10)19(22)23;/h4-6,9,14H,7-8,16H2,1-3H3,(H,17,20)(H,18,21);1H/t14-;/m0./s1. The molecule has 25 heavy (non-hydrogen) atoms. The van der Waals surface area contributed by atoms with E-state index in [4.69, 9.17) is 10.5 Å². The maximum Gasteiger partial charge on any atom is 0.311 e. The van der Waals surface area contributed by atoms with Gasteiger partial charge in [-0.2, -0.15) is 0 Å². The molecule has 2 amide bonds. The van der Waals surface area contributed by atoms with Crippen LogP contribution in [0, 0.1) is 16.0 Å². The number of benzene rings is 1. The third-order valence-corrected chi connectivity index (χ3v) is 3.37. The molecular weight excluding hydrogens is 352 g/mol. The van der Waals surface area contributed by atoms with Crippen LogP contribution in [0.5, 0.6) is 5.75 Å².